The Kier molecular flexibility index (Phi) is 4.90. The van der Waals surface area contributed by atoms with Crippen LogP contribution in [0.5, 0.6) is 23.0 Å². The van der Waals surface area contributed by atoms with Gasteiger partial charge in [-0.05, 0) is 31.7 Å². The van der Waals surface area contributed by atoms with Gasteiger partial charge in [0.2, 0.25) is 11.5 Å². The number of hydrogen-bond acceptors (Lipinski definition) is 6. The van der Waals surface area contributed by atoms with Crippen molar-refractivity contribution in [3.8, 4) is 23.0 Å². The number of phenols is 4. The number of carbonyl (C=O) groups is 1. The highest BCUT2D eigenvalue weighted by Crippen LogP contribution is 2.44. The van der Waals surface area contributed by atoms with Gasteiger partial charge in [0.1, 0.15) is 5.54 Å². The first-order chi connectivity index (χ1) is 9.60. The fourth-order valence-corrected chi connectivity index (χ4v) is 2.20. The molecule has 2 atom stereocenters. The molecule has 7 heteroatoms. The lowest BCUT2D eigenvalue weighted by Gasteiger charge is -2.25. The molecule has 1 rings (SSSR count). The van der Waals surface area contributed by atoms with E-state index in [1.165, 1.54) is 6.92 Å². The second-order valence-corrected chi connectivity index (χ2v) is 5.51. The Balaban J connectivity index is 3.01. The van der Waals surface area contributed by atoms with Gasteiger partial charge < -0.3 is 31.3 Å². The Morgan fingerprint density at radius 1 is 1.24 bits per heavy atom. The first-order valence-corrected chi connectivity index (χ1v) is 6.58. The lowest BCUT2D eigenvalue weighted by Crippen LogP contribution is -2.46. The zero-order valence-corrected chi connectivity index (χ0v) is 12.0. The van der Waals surface area contributed by atoms with Crippen molar-refractivity contribution in [1.82, 2.24) is 0 Å². The molecule has 0 radical (unpaired) electrons. The van der Waals surface area contributed by atoms with Gasteiger partial charge in [-0.1, -0.05) is 13.3 Å². The van der Waals surface area contributed by atoms with Gasteiger partial charge >= 0.3 is 5.97 Å². The van der Waals surface area contributed by atoms with Crippen LogP contribution in [0, 0.1) is 5.92 Å². The molecule has 0 fully saturated rings. The molecule has 0 aliphatic rings. The molecule has 1 aromatic carbocycles. The summed E-state index contributed by atoms with van der Waals surface area (Å²) in [4.78, 5) is 11.1. The summed E-state index contributed by atoms with van der Waals surface area (Å²) < 4.78 is 0. The SMILES string of the molecule is CCC(Cc1cc(O)c(O)c(O)c1O)CC(C)(N)C(=O)O. The van der Waals surface area contributed by atoms with Crippen LogP contribution >= 0.6 is 0 Å². The first-order valence-electron chi connectivity index (χ1n) is 6.58. The number of benzene rings is 1. The summed E-state index contributed by atoms with van der Waals surface area (Å²) in [7, 11) is 0. The Labute approximate surface area is 122 Å². The van der Waals surface area contributed by atoms with Crippen LogP contribution in [0.1, 0.15) is 32.3 Å². The number of rotatable bonds is 6. The summed E-state index contributed by atoms with van der Waals surface area (Å²) in [5.74, 6) is -3.97. The van der Waals surface area contributed by atoms with Crippen molar-refractivity contribution in [3.05, 3.63) is 11.6 Å². The summed E-state index contributed by atoms with van der Waals surface area (Å²) in [6, 6.07) is 1.14. The minimum atomic E-state index is -1.41. The zero-order chi connectivity index (χ0) is 16.4. The van der Waals surface area contributed by atoms with Crippen molar-refractivity contribution in [1.29, 1.82) is 0 Å². The number of nitrogens with two attached hydrogens (primary N) is 1. The van der Waals surface area contributed by atoms with E-state index in [1.807, 2.05) is 6.92 Å². The zero-order valence-electron chi connectivity index (χ0n) is 12.0. The molecule has 0 heterocycles. The molecule has 118 valence electrons. The van der Waals surface area contributed by atoms with Crippen LogP contribution in [0.2, 0.25) is 0 Å². The van der Waals surface area contributed by atoms with Gasteiger partial charge in [0.05, 0.1) is 0 Å². The van der Waals surface area contributed by atoms with E-state index in [2.05, 4.69) is 0 Å². The normalized spacial score (nSPS) is 15.4. The minimum Gasteiger partial charge on any atom is -0.504 e. The van der Waals surface area contributed by atoms with Gasteiger partial charge in [-0.15, -0.1) is 0 Å². The molecule has 0 aliphatic heterocycles. The molecule has 0 saturated heterocycles. The highest BCUT2D eigenvalue weighted by Gasteiger charge is 2.31. The largest absolute Gasteiger partial charge is 0.504 e. The summed E-state index contributed by atoms with van der Waals surface area (Å²) in [6.45, 7) is 3.25. The van der Waals surface area contributed by atoms with E-state index in [-0.39, 0.29) is 24.3 Å². The van der Waals surface area contributed by atoms with E-state index in [9.17, 15) is 25.2 Å². The van der Waals surface area contributed by atoms with E-state index in [0.29, 0.717) is 6.42 Å². The van der Waals surface area contributed by atoms with Crippen LogP contribution in [0.3, 0.4) is 0 Å². The molecule has 0 saturated carbocycles. The predicted octanol–water partition coefficient (Wildman–Crippen LogP) is 1.27. The number of hydrogen-bond donors (Lipinski definition) is 6. The van der Waals surface area contributed by atoms with Crippen LogP contribution in [0.25, 0.3) is 0 Å². The third kappa shape index (κ3) is 3.69. The summed E-state index contributed by atoms with van der Waals surface area (Å²) in [5.41, 5.74) is 4.52. The fourth-order valence-electron chi connectivity index (χ4n) is 2.20. The van der Waals surface area contributed by atoms with Crippen molar-refractivity contribution >= 4 is 5.97 Å². The van der Waals surface area contributed by atoms with Crippen LogP contribution in [-0.4, -0.2) is 37.0 Å². The van der Waals surface area contributed by atoms with E-state index < -0.39 is 34.5 Å². The van der Waals surface area contributed by atoms with Crippen LogP contribution in [0.15, 0.2) is 6.07 Å². The van der Waals surface area contributed by atoms with Crippen molar-refractivity contribution in [3.63, 3.8) is 0 Å². The minimum absolute atomic E-state index is 0.167. The summed E-state index contributed by atoms with van der Waals surface area (Å²) in [6.07, 6.45) is 0.979. The maximum atomic E-state index is 11.1. The van der Waals surface area contributed by atoms with Crippen molar-refractivity contribution < 1.29 is 30.3 Å². The predicted molar refractivity (Wildman–Crippen MR) is 75.4 cm³/mol. The maximum Gasteiger partial charge on any atom is 0.323 e. The molecule has 2 unspecified atom stereocenters. The highest BCUT2D eigenvalue weighted by molar-refractivity contribution is 5.77. The average molecular weight is 299 g/mol. The second-order valence-electron chi connectivity index (χ2n) is 5.51. The average Bonchev–Trinajstić information content (AvgIpc) is 2.41. The molecular weight excluding hydrogens is 278 g/mol. The maximum absolute atomic E-state index is 11.1. The standard InChI is InChI=1S/C14H21NO6/c1-3-7(6-14(2,15)13(20)21)4-8-5-9(16)11(18)12(19)10(8)17/h5,7,16-19H,3-4,6,15H2,1-2H3,(H,20,21). The quantitative estimate of drug-likeness (QED) is 0.343. The van der Waals surface area contributed by atoms with Crippen molar-refractivity contribution in [2.24, 2.45) is 11.7 Å². The molecule has 1 aromatic rings. The molecular formula is C14H21NO6. The summed E-state index contributed by atoms with van der Waals surface area (Å²) in [5, 5.41) is 47.1. The highest BCUT2D eigenvalue weighted by atomic mass is 16.4. The number of carboxylic acids is 1. The molecule has 0 spiro atoms. The number of aromatic hydroxyl groups is 4. The van der Waals surface area contributed by atoms with Crippen molar-refractivity contribution in [2.75, 3.05) is 0 Å². The lowest BCUT2D eigenvalue weighted by molar-refractivity contribution is -0.143. The molecule has 0 aliphatic carbocycles. The second kappa shape index (κ2) is 6.09. The Bertz CT molecular complexity index is 541. The van der Waals surface area contributed by atoms with Gasteiger partial charge in [0.25, 0.3) is 0 Å². The Morgan fingerprint density at radius 2 is 1.81 bits per heavy atom. The van der Waals surface area contributed by atoms with Crippen LogP contribution < -0.4 is 5.73 Å². The van der Waals surface area contributed by atoms with Gasteiger partial charge in [0, 0.05) is 5.56 Å². The third-order valence-corrected chi connectivity index (χ3v) is 3.59. The van der Waals surface area contributed by atoms with Crippen LogP contribution in [-0.2, 0) is 11.2 Å². The van der Waals surface area contributed by atoms with Gasteiger partial charge in [0.15, 0.2) is 11.5 Å². The Morgan fingerprint density at radius 3 is 2.29 bits per heavy atom. The van der Waals surface area contributed by atoms with E-state index >= 15 is 0 Å². The fraction of sp³-hybridized carbons (Fsp3) is 0.500. The third-order valence-electron chi connectivity index (χ3n) is 3.59. The van der Waals surface area contributed by atoms with Crippen LogP contribution in [0.4, 0.5) is 0 Å². The van der Waals surface area contributed by atoms with E-state index in [1.54, 1.807) is 0 Å². The molecule has 0 amide bonds. The van der Waals surface area contributed by atoms with Gasteiger partial charge in [-0.25, -0.2) is 0 Å². The molecule has 7 N–H and O–H groups in total. The monoisotopic (exact) mass is 299 g/mol. The molecule has 0 bridgehead atoms. The molecule has 0 aromatic heterocycles. The number of carboxylic acid groups (broad SMARTS) is 1. The van der Waals surface area contributed by atoms with Gasteiger partial charge in [-0.3, -0.25) is 4.79 Å². The van der Waals surface area contributed by atoms with Gasteiger partial charge in [-0.2, -0.15) is 0 Å². The summed E-state index contributed by atoms with van der Waals surface area (Å²) >= 11 is 0. The topological polar surface area (TPSA) is 144 Å². The van der Waals surface area contributed by atoms with E-state index in [4.69, 9.17) is 10.8 Å². The molecule has 21 heavy (non-hydrogen) atoms. The Hall–Kier alpha value is -2.15. The smallest absolute Gasteiger partial charge is 0.323 e. The van der Waals surface area contributed by atoms with Crippen molar-refractivity contribution in [2.45, 2.75) is 38.6 Å². The number of phenolic OH excluding ortho intramolecular Hbond substituents is 4. The first kappa shape index (κ1) is 16.9. The lowest BCUT2D eigenvalue weighted by atomic mass is 9.84. The molecule has 7 nitrogen and oxygen atoms in total. The number of aliphatic carboxylic acids is 1. The van der Waals surface area contributed by atoms with E-state index in [0.717, 1.165) is 6.07 Å².